The van der Waals surface area contributed by atoms with E-state index in [4.69, 9.17) is 4.74 Å². The topological polar surface area (TPSA) is 80.3 Å². The second kappa shape index (κ2) is 9.54. The van der Waals surface area contributed by atoms with Gasteiger partial charge in [0.1, 0.15) is 0 Å². The van der Waals surface area contributed by atoms with Gasteiger partial charge in [-0.25, -0.2) is 0 Å². The van der Waals surface area contributed by atoms with Crippen molar-refractivity contribution in [2.75, 3.05) is 18.5 Å². The zero-order valence-electron chi connectivity index (χ0n) is 14.5. The van der Waals surface area contributed by atoms with Crippen molar-refractivity contribution in [1.29, 1.82) is 0 Å². The molecule has 0 saturated heterocycles. The highest BCUT2D eigenvalue weighted by molar-refractivity contribution is 6.04. The summed E-state index contributed by atoms with van der Waals surface area (Å²) < 4.78 is 5.43. The minimum Gasteiger partial charge on any atom is -0.379 e. The maximum atomic E-state index is 12.2. The lowest BCUT2D eigenvalue weighted by atomic mass is 10.1. The Bertz CT molecular complexity index is 702. The first-order valence-electron chi connectivity index (χ1n) is 8.27. The van der Waals surface area contributed by atoms with Crippen LogP contribution in [-0.4, -0.2) is 36.1 Å². The summed E-state index contributed by atoms with van der Waals surface area (Å²) in [5, 5.41) is 5.61. The molecule has 0 spiro atoms. The Kier molecular flexibility index (Phi) is 7.10. The molecule has 2 amide bonds. The zero-order chi connectivity index (χ0) is 18.1. The first kappa shape index (κ1) is 18.6. The van der Waals surface area contributed by atoms with Crippen LogP contribution in [0, 0.1) is 0 Å². The number of hydrogen-bond acceptors (Lipinski definition) is 4. The summed E-state index contributed by atoms with van der Waals surface area (Å²) in [4.78, 5) is 28.2. The molecule has 1 aromatic heterocycles. The lowest BCUT2D eigenvalue weighted by Crippen LogP contribution is -2.25. The molecule has 0 atom stereocenters. The lowest BCUT2D eigenvalue weighted by molar-refractivity contribution is 0.0757. The van der Waals surface area contributed by atoms with Crippen LogP contribution in [0.3, 0.4) is 0 Å². The Morgan fingerprint density at radius 3 is 2.64 bits per heavy atom. The minimum atomic E-state index is -0.267. The Morgan fingerprint density at radius 1 is 1.12 bits per heavy atom. The van der Waals surface area contributed by atoms with Crippen molar-refractivity contribution in [3.05, 3.63) is 59.9 Å². The van der Waals surface area contributed by atoms with Crippen molar-refractivity contribution in [3.63, 3.8) is 0 Å². The summed E-state index contributed by atoms with van der Waals surface area (Å²) in [6, 6.07) is 10.2. The molecule has 6 nitrogen and oxygen atoms in total. The third-order valence-electron chi connectivity index (χ3n) is 3.36. The van der Waals surface area contributed by atoms with Crippen molar-refractivity contribution < 1.29 is 14.3 Å². The number of amides is 2. The highest BCUT2D eigenvalue weighted by atomic mass is 16.5. The largest absolute Gasteiger partial charge is 0.379 e. The predicted molar refractivity (Wildman–Crippen MR) is 96.7 cm³/mol. The van der Waals surface area contributed by atoms with Gasteiger partial charge < -0.3 is 15.4 Å². The number of rotatable bonds is 8. The number of hydrogen-bond donors (Lipinski definition) is 2. The SMILES string of the molecule is CC(C)OCCCNC(=O)c1cccc(NC(=O)c2cccnc2)c1. The molecule has 0 aliphatic heterocycles. The number of aromatic nitrogens is 1. The van der Waals surface area contributed by atoms with Crippen LogP contribution in [0.2, 0.25) is 0 Å². The fourth-order valence-electron chi connectivity index (χ4n) is 2.13. The quantitative estimate of drug-likeness (QED) is 0.724. The van der Waals surface area contributed by atoms with E-state index in [-0.39, 0.29) is 17.9 Å². The second-order valence-electron chi connectivity index (χ2n) is 5.81. The Balaban J connectivity index is 1.87. The smallest absolute Gasteiger partial charge is 0.257 e. The molecule has 0 fully saturated rings. The van der Waals surface area contributed by atoms with Gasteiger partial charge in [-0.1, -0.05) is 6.07 Å². The average Bonchev–Trinajstić information content (AvgIpc) is 2.62. The van der Waals surface area contributed by atoms with Crippen molar-refractivity contribution in [1.82, 2.24) is 10.3 Å². The Morgan fingerprint density at radius 2 is 1.92 bits per heavy atom. The molecule has 1 heterocycles. The molecule has 2 rings (SSSR count). The van der Waals surface area contributed by atoms with Gasteiger partial charge in [0.2, 0.25) is 0 Å². The van der Waals surface area contributed by atoms with E-state index in [1.807, 2.05) is 13.8 Å². The van der Waals surface area contributed by atoms with E-state index >= 15 is 0 Å². The molecule has 1 aromatic carbocycles. The number of benzene rings is 1. The van der Waals surface area contributed by atoms with Crippen molar-refractivity contribution in [2.24, 2.45) is 0 Å². The van der Waals surface area contributed by atoms with E-state index in [0.29, 0.717) is 30.0 Å². The fourth-order valence-corrected chi connectivity index (χ4v) is 2.13. The first-order chi connectivity index (χ1) is 12.1. The molecule has 0 radical (unpaired) electrons. The van der Waals surface area contributed by atoms with Gasteiger partial charge in [-0.3, -0.25) is 14.6 Å². The van der Waals surface area contributed by atoms with Crippen molar-refractivity contribution >= 4 is 17.5 Å². The summed E-state index contributed by atoms with van der Waals surface area (Å²) in [7, 11) is 0. The van der Waals surface area contributed by atoms with E-state index < -0.39 is 0 Å². The Labute approximate surface area is 147 Å². The van der Waals surface area contributed by atoms with Gasteiger partial charge in [-0.05, 0) is 50.6 Å². The van der Waals surface area contributed by atoms with Crippen LogP contribution >= 0.6 is 0 Å². The highest BCUT2D eigenvalue weighted by Gasteiger charge is 2.09. The normalized spacial score (nSPS) is 10.5. The van der Waals surface area contributed by atoms with E-state index in [9.17, 15) is 9.59 Å². The third kappa shape index (κ3) is 6.35. The minimum absolute atomic E-state index is 0.179. The van der Waals surface area contributed by atoms with Crippen molar-refractivity contribution in [3.8, 4) is 0 Å². The van der Waals surface area contributed by atoms with E-state index in [0.717, 1.165) is 6.42 Å². The zero-order valence-corrected chi connectivity index (χ0v) is 14.5. The Hall–Kier alpha value is -2.73. The van der Waals surface area contributed by atoms with Gasteiger partial charge in [-0.2, -0.15) is 0 Å². The molecule has 0 aliphatic carbocycles. The van der Waals surface area contributed by atoms with Crippen LogP contribution in [0.1, 0.15) is 41.0 Å². The van der Waals surface area contributed by atoms with E-state index in [2.05, 4.69) is 15.6 Å². The van der Waals surface area contributed by atoms with Crippen LogP contribution in [0.4, 0.5) is 5.69 Å². The molecule has 25 heavy (non-hydrogen) atoms. The van der Waals surface area contributed by atoms with Gasteiger partial charge in [0.25, 0.3) is 11.8 Å². The molecule has 0 unspecified atom stereocenters. The van der Waals surface area contributed by atoms with Crippen LogP contribution in [0.5, 0.6) is 0 Å². The van der Waals surface area contributed by atoms with Crippen molar-refractivity contribution in [2.45, 2.75) is 26.4 Å². The van der Waals surface area contributed by atoms with Gasteiger partial charge >= 0.3 is 0 Å². The van der Waals surface area contributed by atoms with Crippen LogP contribution < -0.4 is 10.6 Å². The number of pyridine rings is 1. The van der Waals surface area contributed by atoms with Crippen LogP contribution in [-0.2, 0) is 4.74 Å². The van der Waals surface area contributed by atoms with Crippen LogP contribution in [0.15, 0.2) is 48.8 Å². The molecule has 0 bridgehead atoms. The fraction of sp³-hybridized carbons (Fsp3) is 0.316. The number of nitrogens with one attached hydrogen (secondary N) is 2. The summed E-state index contributed by atoms with van der Waals surface area (Å²) in [6.45, 7) is 5.10. The average molecular weight is 341 g/mol. The summed E-state index contributed by atoms with van der Waals surface area (Å²) in [5.74, 6) is -0.446. The molecule has 2 N–H and O–H groups in total. The maximum absolute atomic E-state index is 12.2. The molecule has 0 aliphatic rings. The highest BCUT2D eigenvalue weighted by Crippen LogP contribution is 2.12. The van der Waals surface area contributed by atoms with E-state index in [1.54, 1.807) is 42.6 Å². The number of nitrogens with zero attached hydrogens (tertiary/aromatic N) is 1. The summed E-state index contributed by atoms with van der Waals surface area (Å²) in [6.07, 6.45) is 4.04. The number of ether oxygens (including phenoxy) is 1. The molecular weight excluding hydrogens is 318 g/mol. The monoisotopic (exact) mass is 341 g/mol. The van der Waals surface area contributed by atoms with Gasteiger partial charge in [0.15, 0.2) is 0 Å². The molecule has 0 saturated carbocycles. The van der Waals surface area contributed by atoms with E-state index in [1.165, 1.54) is 6.20 Å². The maximum Gasteiger partial charge on any atom is 0.257 e. The lowest BCUT2D eigenvalue weighted by Gasteiger charge is -2.09. The third-order valence-corrected chi connectivity index (χ3v) is 3.36. The molecule has 2 aromatic rings. The standard InChI is InChI=1S/C19H23N3O3/c1-14(2)25-11-5-10-21-18(23)15-6-3-8-17(12-15)22-19(24)16-7-4-9-20-13-16/h3-4,6-9,12-14H,5,10-11H2,1-2H3,(H,21,23)(H,22,24). The number of carbonyl (C=O) groups is 2. The summed E-state index contributed by atoms with van der Waals surface area (Å²) >= 11 is 0. The van der Waals surface area contributed by atoms with Gasteiger partial charge in [0, 0.05) is 36.8 Å². The summed E-state index contributed by atoms with van der Waals surface area (Å²) in [5.41, 5.74) is 1.51. The molecule has 6 heteroatoms. The molecular formula is C19H23N3O3. The number of carbonyl (C=O) groups excluding carboxylic acids is 2. The number of anilines is 1. The second-order valence-corrected chi connectivity index (χ2v) is 5.81. The van der Waals surface area contributed by atoms with Crippen LogP contribution in [0.25, 0.3) is 0 Å². The molecule has 132 valence electrons. The van der Waals surface area contributed by atoms with Gasteiger partial charge in [-0.15, -0.1) is 0 Å². The van der Waals surface area contributed by atoms with Gasteiger partial charge in [0.05, 0.1) is 11.7 Å². The predicted octanol–water partition coefficient (Wildman–Crippen LogP) is 2.88. The first-order valence-corrected chi connectivity index (χ1v) is 8.27.